The molecule has 0 aromatic carbocycles. The van der Waals surface area contributed by atoms with Crippen LogP contribution in [-0.2, 0) is 17.8 Å². The van der Waals surface area contributed by atoms with Crippen molar-refractivity contribution in [3.05, 3.63) is 23.4 Å². The van der Waals surface area contributed by atoms with Crippen molar-refractivity contribution in [1.82, 2.24) is 10.3 Å². The van der Waals surface area contributed by atoms with Crippen LogP contribution in [0.25, 0.3) is 0 Å². The highest BCUT2D eigenvalue weighted by atomic mass is 16.5. The van der Waals surface area contributed by atoms with Crippen LogP contribution >= 0.6 is 0 Å². The van der Waals surface area contributed by atoms with Crippen LogP contribution in [0, 0.1) is 5.92 Å². The quantitative estimate of drug-likeness (QED) is 0.927. The molecular formula is C19H29N3O. The van der Waals surface area contributed by atoms with Crippen LogP contribution in [-0.4, -0.2) is 36.8 Å². The Morgan fingerprint density at radius 3 is 2.96 bits per heavy atom. The molecule has 23 heavy (non-hydrogen) atoms. The molecule has 1 aromatic rings. The maximum atomic E-state index is 5.99. The van der Waals surface area contributed by atoms with Gasteiger partial charge in [0, 0.05) is 31.8 Å². The lowest BCUT2D eigenvalue weighted by atomic mass is 9.90. The second-order valence-electron chi connectivity index (χ2n) is 7.58. The average Bonchev–Trinajstić information content (AvgIpc) is 2.95. The van der Waals surface area contributed by atoms with E-state index in [4.69, 9.17) is 9.72 Å². The van der Waals surface area contributed by atoms with Crippen molar-refractivity contribution in [3.63, 3.8) is 0 Å². The lowest BCUT2D eigenvalue weighted by molar-refractivity contribution is 0.0721. The molecule has 2 fully saturated rings. The molecule has 4 nitrogen and oxygen atoms in total. The van der Waals surface area contributed by atoms with Gasteiger partial charge in [-0.3, -0.25) is 0 Å². The summed E-state index contributed by atoms with van der Waals surface area (Å²) in [5.41, 5.74) is 2.49. The number of anilines is 1. The summed E-state index contributed by atoms with van der Waals surface area (Å²) in [4.78, 5) is 7.47. The molecule has 3 aliphatic rings. The van der Waals surface area contributed by atoms with Crippen LogP contribution < -0.4 is 10.2 Å². The molecular weight excluding hydrogens is 286 g/mol. The maximum absolute atomic E-state index is 5.99. The molecule has 1 aliphatic carbocycles. The summed E-state index contributed by atoms with van der Waals surface area (Å²) in [6.07, 6.45) is 7.99. The third-order valence-corrected chi connectivity index (χ3v) is 5.73. The predicted octanol–water partition coefficient (Wildman–Crippen LogP) is 2.90. The number of hydrogen-bond acceptors (Lipinski definition) is 4. The van der Waals surface area contributed by atoms with Crippen LogP contribution in [0.1, 0.15) is 50.3 Å². The van der Waals surface area contributed by atoms with Crippen molar-refractivity contribution in [1.29, 1.82) is 0 Å². The first-order chi connectivity index (χ1) is 11.3. The Morgan fingerprint density at radius 2 is 2.09 bits per heavy atom. The fourth-order valence-corrected chi connectivity index (χ4v) is 4.49. The van der Waals surface area contributed by atoms with Gasteiger partial charge in [0.25, 0.3) is 0 Å². The summed E-state index contributed by atoms with van der Waals surface area (Å²) in [6.45, 7) is 6.00. The minimum absolute atomic E-state index is 0.529. The third-order valence-electron chi connectivity index (χ3n) is 5.73. The standard InChI is InChI=1S/C19H29N3O/c1-14-10-20-11-18-9-16-7-8-17(21-19(16)22(14)18)13-23-12-15-5-3-2-4-6-15/h7-8,14-15,18,20H,2-6,9-13H2,1H3/t14-,18-/m1/s1. The number of ether oxygens (including phenoxy) is 1. The third kappa shape index (κ3) is 3.24. The second-order valence-corrected chi connectivity index (χ2v) is 7.58. The smallest absolute Gasteiger partial charge is 0.132 e. The van der Waals surface area contributed by atoms with Gasteiger partial charge in [-0.15, -0.1) is 0 Å². The van der Waals surface area contributed by atoms with Crippen molar-refractivity contribution in [2.45, 2.75) is 64.1 Å². The van der Waals surface area contributed by atoms with Crippen molar-refractivity contribution in [2.24, 2.45) is 5.92 Å². The Bertz CT molecular complexity index is 541. The number of nitrogens with one attached hydrogen (secondary N) is 1. The Morgan fingerprint density at radius 1 is 1.22 bits per heavy atom. The van der Waals surface area contributed by atoms with E-state index >= 15 is 0 Å². The predicted molar refractivity (Wildman–Crippen MR) is 92.8 cm³/mol. The number of rotatable bonds is 4. The normalized spacial score (nSPS) is 27.8. The van der Waals surface area contributed by atoms with E-state index in [0.29, 0.717) is 18.7 Å². The first kappa shape index (κ1) is 15.4. The molecule has 1 saturated heterocycles. The van der Waals surface area contributed by atoms with E-state index in [0.717, 1.165) is 37.7 Å². The number of piperazine rings is 1. The fourth-order valence-electron chi connectivity index (χ4n) is 4.49. The Balaban J connectivity index is 1.38. The lowest BCUT2D eigenvalue weighted by Crippen LogP contribution is -2.55. The van der Waals surface area contributed by atoms with Gasteiger partial charge in [-0.2, -0.15) is 0 Å². The molecule has 1 aromatic heterocycles. The van der Waals surface area contributed by atoms with Gasteiger partial charge in [0.05, 0.1) is 12.3 Å². The zero-order valence-corrected chi connectivity index (χ0v) is 14.3. The van der Waals surface area contributed by atoms with Crippen LogP contribution in [0.4, 0.5) is 5.82 Å². The summed E-state index contributed by atoms with van der Waals surface area (Å²) in [5.74, 6) is 1.98. The van der Waals surface area contributed by atoms with Crippen LogP contribution in [0.2, 0.25) is 0 Å². The van der Waals surface area contributed by atoms with Gasteiger partial charge < -0.3 is 15.0 Å². The van der Waals surface area contributed by atoms with Crippen molar-refractivity contribution in [3.8, 4) is 0 Å². The topological polar surface area (TPSA) is 37.4 Å². The summed E-state index contributed by atoms with van der Waals surface area (Å²) in [7, 11) is 0. The largest absolute Gasteiger partial charge is 0.375 e. The molecule has 4 rings (SSSR count). The molecule has 4 heteroatoms. The SMILES string of the molecule is C[C@@H]1CNC[C@H]2Cc3ccc(COCC4CCCCC4)nc3N21. The molecule has 2 atom stereocenters. The van der Waals surface area contributed by atoms with Gasteiger partial charge in [0.15, 0.2) is 0 Å². The number of fused-ring (bicyclic) bond motifs is 3. The van der Waals surface area contributed by atoms with Crippen molar-refractivity contribution < 1.29 is 4.74 Å². The summed E-state index contributed by atoms with van der Waals surface area (Å²) in [6, 6.07) is 5.55. The Hall–Kier alpha value is -1.13. The number of nitrogens with zero attached hydrogens (tertiary/aromatic N) is 2. The van der Waals surface area contributed by atoms with Gasteiger partial charge in [-0.25, -0.2) is 4.98 Å². The van der Waals surface area contributed by atoms with Gasteiger partial charge in [0.2, 0.25) is 0 Å². The van der Waals surface area contributed by atoms with Gasteiger partial charge >= 0.3 is 0 Å². The maximum Gasteiger partial charge on any atom is 0.132 e. The van der Waals surface area contributed by atoms with Crippen LogP contribution in [0.5, 0.6) is 0 Å². The molecule has 0 spiro atoms. The molecule has 0 bridgehead atoms. The molecule has 126 valence electrons. The molecule has 0 amide bonds. The average molecular weight is 315 g/mol. The van der Waals surface area contributed by atoms with Gasteiger partial charge in [-0.1, -0.05) is 25.3 Å². The Kier molecular flexibility index (Phi) is 4.54. The summed E-state index contributed by atoms with van der Waals surface area (Å²) >= 11 is 0. The van der Waals surface area contributed by atoms with Crippen molar-refractivity contribution >= 4 is 5.82 Å². The molecule has 0 unspecified atom stereocenters. The molecule has 1 saturated carbocycles. The highest BCUT2D eigenvalue weighted by Gasteiger charge is 2.36. The first-order valence-corrected chi connectivity index (χ1v) is 9.37. The first-order valence-electron chi connectivity index (χ1n) is 9.37. The van der Waals surface area contributed by atoms with Gasteiger partial charge in [-0.05, 0) is 43.7 Å². The van der Waals surface area contributed by atoms with E-state index in [9.17, 15) is 0 Å². The zero-order chi connectivity index (χ0) is 15.6. The van der Waals surface area contributed by atoms with E-state index in [2.05, 4.69) is 29.3 Å². The molecule has 3 heterocycles. The summed E-state index contributed by atoms with van der Waals surface area (Å²) < 4.78 is 5.99. The summed E-state index contributed by atoms with van der Waals surface area (Å²) in [5, 5.41) is 3.53. The Labute approximate surface area is 139 Å². The highest BCUT2D eigenvalue weighted by Crippen LogP contribution is 2.33. The van der Waals surface area contributed by atoms with E-state index < -0.39 is 0 Å². The van der Waals surface area contributed by atoms with E-state index in [1.54, 1.807) is 0 Å². The van der Waals surface area contributed by atoms with Crippen LogP contribution in [0.15, 0.2) is 12.1 Å². The van der Waals surface area contributed by atoms with Crippen LogP contribution in [0.3, 0.4) is 0 Å². The lowest BCUT2D eigenvalue weighted by Gasteiger charge is -2.37. The monoisotopic (exact) mass is 315 g/mol. The number of pyridine rings is 1. The fraction of sp³-hybridized carbons (Fsp3) is 0.737. The van der Waals surface area contributed by atoms with Gasteiger partial charge in [0.1, 0.15) is 5.82 Å². The van der Waals surface area contributed by atoms with E-state index in [1.807, 2.05) is 0 Å². The molecule has 1 N–H and O–H groups in total. The minimum atomic E-state index is 0.529. The zero-order valence-electron chi connectivity index (χ0n) is 14.3. The number of hydrogen-bond donors (Lipinski definition) is 1. The highest BCUT2D eigenvalue weighted by molar-refractivity contribution is 5.56. The van der Waals surface area contributed by atoms with E-state index in [-0.39, 0.29) is 0 Å². The molecule has 0 radical (unpaired) electrons. The minimum Gasteiger partial charge on any atom is -0.375 e. The second kappa shape index (κ2) is 6.78. The van der Waals surface area contributed by atoms with E-state index in [1.165, 1.54) is 43.5 Å². The van der Waals surface area contributed by atoms with Crippen molar-refractivity contribution in [2.75, 3.05) is 24.6 Å². The molecule has 2 aliphatic heterocycles. The number of aromatic nitrogens is 1.